The molecule has 0 bridgehead atoms. The van der Waals surface area contributed by atoms with E-state index in [1.165, 1.54) is 0 Å². The number of aliphatic hydroxyl groups is 1. The smallest absolute Gasteiger partial charge is 0.162 e. The van der Waals surface area contributed by atoms with E-state index < -0.39 is 18.3 Å². The van der Waals surface area contributed by atoms with Crippen molar-refractivity contribution in [3.63, 3.8) is 0 Å². The number of rotatable bonds is 26. The van der Waals surface area contributed by atoms with Crippen molar-refractivity contribution in [2.75, 3.05) is 0 Å². The zero-order valence-corrected chi connectivity index (χ0v) is 55.6. The number of hydrogen-bond donors (Lipinski definition) is 1. The second-order valence-electron chi connectivity index (χ2n) is 24.8. The van der Waals surface area contributed by atoms with Gasteiger partial charge in [-0.25, -0.2) is 0 Å². The van der Waals surface area contributed by atoms with Gasteiger partial charge in [0.2, 0.25) is 0 Å². The summed E-state index contributed by atoms with van der Waals surface area (Å²) in [6.45, 7) is 7.24. The van der Waals surface area contributed by atoms with Crippen molar-refractivity contribution in [3.05, 3.63) is 381 Å². The molecule has 11 heteroatoms. The normalized spacial score (nSPS) is 15.8. The lowest BCUT2D eigenvalue weighted by molar-refractivity contribution is -0.117. The van der Waals surface area contributed by atoms with Crippen LogP contribution in [0.4, 0.5) is 0 Å². The summed E-state index contributed by atoms with van der Waals surface area (Å²) in [6.07, 6.45) is -2.50. The Morgan fingerprint density at radius 1 is 0.303 bits per heavy atom. The van der Waals surface area contributed by atoms with Crippen LogP contribution in [0.5, 0.6) is 46.0 Å². The van der Waals surface area contributed by atoms with Crippen molar-refractivity contribution in [1.82, 2.24) is 0 Å². The summed E-state index contributed by atoms with van der Waals surface area (Å²) in [6, 6.07) is 101. The van der Waals surface area contributed by atoms with Gasteiger partial charge < -0.3 is 52.5 Å². The van der Waals surface area contributed by atoms with Crippen LogP contribution in [0.25, 0.3) is 0 Å². The summed E-state index contributed by atoms with van der Waals surface area (Å²) in [5.74, 6) is 5.27. The summed E-state index contributed by atoms with van der Waals surface area (Å²) in [5, 5.41) is 12.1. The molecule has 1 N–H and O–H groups in total. The Kier molecular flexibility index (Phi) is 22.3. The first-order valence-electron chi connectivity index (χ1n) is 33.7. The first-order valence-corrected chi connectivity index (χ1v) is 33.7. The van der Waals surface area contributed by atoms with Gasteiger partial charge in [-0.3, -0.25) is 0 Å². The first-order chi connectivity index (χ1) is 48.8. The highest BCUT2D eigenvalue weighted by Gasteiger charge is 2.42. The zero-order chi connectivity index (χ0) is 67.4. The largest absolute Gasteiger partial charge is 0.488 e. The van der Waals surface area contributed by atoms with Crippen molar-refractivity contribution < 1.29 is 52.5 Å². The van der Waals surface area contributed by atoms with Crippen LogP contribution < -0.4 is 37.9 Å². The zero-order valence-electron chi connectivity index (χ0n) is 55.6. The lowest BCUT2D eigenvalue weighted by atomic mass is 9.90. The second-order valence-corrected chi connectivity index (χ2v) is 24.8. The second kappa shape index (κ2) is 33.2. The van der Waals surface area contributed by atoms with Gasteiger partial charge in [-0.2, -0.15) is 0 Å². The Hall–Kier alpha value is -11.1. The molecule has 14 rings (SSSR count). The van der Waals surface area contributed by atoms with Crippen molar-refractivity contribution >= 4 is 0 Å². The van der Waals surface area contributed by atoms with E-state index in [2.05, 4.69) is 73.7 Å². The average molecular weight is 1310 g/mol. The number of benzene rings is 12. The van der Waals surface area contributed by atoms with Crippen LogP contribution in [0.2, 0.25) is 0 Å². The fourth-order valence-corrected chi connectivity index (χ4v) is 12.2. The molecule has 0 radical (unpaired) electrons. The molecule has 12 aromatic carbocycles. The van der Waals surface area contributed by atoms with Crippen LogP contribution >= 0.6 is 0 Å². The average Bonchev–Trinajstić information content (AvgIpc) is 0.764. The van der Waals surface area contributed by atoms with E-state index in [0.717, 1.165) is 83.8 Å². The van der Waals surface area contributed by atoms with Gasteiger partial charge in [0.1, 0.15) is 81.0 Å². The Morgan fingerprint density at radius 2 is 0.616 bits per heavy atom. The minimum Gasteiger partial charge on any atom is -0.488 e. The van der Waals surface area contributed by atoms with E-state index in [4.69, 9.17) is 47.4 Å². The Morgan fingerprint density at radius 3 is 1.02 bits per heavy atom. The third kappa shape index (κ3) is 17.9. The molecule has 0 aliphatic carbocycles. The maximum atomic E-state index is 12.1. The lowest BCUT2D eigenvalue weighted by Crippen LogP contribution is -2.37. The molecular formula is C88H80O11. The molecule has 0 fully saturated rings. The monoisotopic (exact) mass is 1310 g/mol. The van der Waals surface area contributed by atoms with Crippen molar-refractivity contribution in [1.29, 1.82) is 0 Å². The summed E-state index contributed by atoms with van der Waals surface area (Å²) in [7, 11) is 0. The van der Waals surface area contributed by atoms with E-state index in [-0.39, 0.29) is 12.2 Å². The highest BCUT2D eigenvalue weighted by atomic mass is 16.6. The van der Waals surface area contributed by atoms with E-state index in [9.17, 15) is 5.11 Å². The maximum Gasteiger partial charge on any atom is 0.162 e. The highest BCUT2D eigenvalue weighted by molar-refractivity contribution is 5.54. The molecule has 498 valence electrons. The van der Waals surface area contributed by atoms with E-state index in [0.29, 0.717) is 99.3 Å². The highest BCUT2D eigenvalue weighted by Crippen LogP contribution is 2.49. The standard InChI is InChI=1S/C44H40O6.C44H40O5/c1-31-24-39(48-29-34-18-10-4-11-19-34)41-40(25-31)50-43(44(42(41)45)49-30-35-20-12-5-13-21-35)36-22-23-37(46-27-32-14-6-2-7-15-32)38(26-36)47-28-33-16-8-3-9-17-33;1-32-24-40(46-29-34-16-8-3-9-17-34)38-27-43(48-31-36-20-12-5-13-21-36)44(49-41(38)25-32)37-22-23-39(45-28-33-14-6-2-7-15-33)42(26-37)47-30-35-18-10-4-11-19-35/h2-26,42-45H,27-30H2,1H3;2-26,43-44H,27-31H2,1H3/t42-,43+,44-;43-,44+/m00/s1. The van der Waals surface area contributed by atoms with Crippen LogP contribution in [0.1, 0.15) is 96.2 Å². The van der Waals surface area contributed by atoms with E-state index in [1.54, 1.807) is 0 Å². The summed E-state index contributed by atoms with van der Waals surface area (Å²) in [4.78, 5) is 0. The molecule has 11 nitrogen and oxygen atoms in total. The van der Waals surface area contributed by atoms with Crippen molar-refractivity contribution in [2.45, 2.75) is 104 Å². The van der Waals surface area contributed by atoms with Gasteiger partial charge in [0.25, 0.3) is 0 Å². The molecule has 12 aromatic rings. The summed E-state index contributed by atoms with van der Waals surface area (Å²) in [5.41, 5.74) is 13.8. The van der Waals surface area contributed by atoms with Crippen LogP contribution in [-0.4, -0.2) is 17.3 Å². The Labute approximate surface area is 580 Å². The molecule has 0 spiro atoms. The number of aryl methyl sites for hydroxylation is 2. The topological polar surface area (TPSA) is 113 Å². The molecule has 0 unspecified atom stereocenters. The predicted octanol–water partition coefficient (Wildman–Crippen LogP) is 19.5. The molecule has 5 atom stereocenters. The van der Waals surface area contributed by atoms with Gasteiger partial charge in [0.15, 0.2) is 35.2 Å². The minimum atomic E-state index is -1.04. The molecular weight excluding hydrogens is 1230 g/mol. The van der Waals surface area contributed by atoms with Gasteiger partial charge in [0, 0.05) is 12.0 Å². The Balaban J connectivity index is 0.000000178. The number of ether oxygens (including phenoxy) is 10. The van der Waals surface area contributed by atoms with Crippen molar-refractivity contribution in [3.8, 4) is 46.0 Å². The molecule has 2 aliphatic heterocycles. The van der Waals surface area contributed by atoms with E-state index in [1.807, 2.05) is 244 Å². The molecule has 0 saturated heterocycles. The maximum absolute atomic E-state index is 12.1. The SMILES string of the molecule is Cc1cc(OCc2ccccc2)c2c(c1)O[C@H](c1ccc(OCc3ccccc3)c(OCc3ccccc3)c1)[C@@H](OCc1ccccc1)C2.Cc1cc(OCc2ccccc2)c2c(c1)O[C@H](c1ccc(OCc3ccccc3)c(OCc3ccccc3)c1)[C@@H](OCc1ccccc1)[C@H]2O. The van der Waals surface area contributed by atoms with Gasteiger partial charge in [-0.1, -0.05) is 255 Å². The first kappa shape index (κ1) is 66.5. The van der Waals surface area contributed by atoms with Crippen LogP contribution in [0.3, 0.4) is 0 Å². The number of aliphatic hydroxyl groups excluding tert-OH is 1. The van der Waals surface area contributed by atoms with Crippen molar-refractivity contribution in [2.24, 2.45) is 0 Å². The molecule has 0 saturated carbocycles. The van der Waals surface area contributed by atoms with Gasteiger partial charge in [-0.15, -0.1) is 0 Å². The molecule has 99 heavy (non-hydrogen) atoms. The molecule has 0 aromatic heterocycles. The number of hydrogen-bond acceptors (Lipinski definition) is 11. The van der Waals surface area contributed by atoms with Gasteiger partial charge in [0.05, 0.1) is 18.8 Å². The minimum absolute atomic E-state index is 0.285. The van der Waals surface area contributed by atoms with Crippen LogP contribution in [0.15, 0.2) is 303 Å². The molecule has 2 aliphatic rings. The molecule has 0 amide bonds. The third-order valence-corrected chi connectivity index (χ3v) is 17.3. The lowest BCUT2D eigenvalue weighted by Gasteiger charge is -2.38. The van der Waals surface area contributed by atoms with Gasteiger partial charge >= 0.3 is 0 Å². The summed E-state index contributed by atoms with van der Waals surface area (Å²) < 4.78 is 65.2. The fourth-order valence-electron chi connectivity index (χ4n) is 12.2. The Bertz CT molecular complexity index is 4470. The fraction of sp³-hybridized carbons (Fsp3) is 0.182. The summed E-state index contributed by atoms with van der Waals surface area (Å²) >= 11 is 0. The van der Waals surface area contributed by atoms with E-state index >= 15 is 0 Å². The predicted molar refractivity (Wildman–Crippen MR) is 385 cm³/mol. The number of fused-ring (bicyclic) bond motifs is 2. The third-order valence-electron chi connectivity index (χ3n) is 17.3. The quantitative estimate of drug-likeness (QED) is 0.0559. The molecule has 2 heterocycles. The van der Waals surface area contributed by atoms with Crippen LogP contribution in [-0.2, 0) is 68.7 Å². The van der Waals surface area contributed by atoms with Gasteiger partial charge in [-0.05, 0) is 129 Å². The van der Waals surface area contributed by atoms with Crippen LogP contribution in [0, 0.1) is 13.8 Å².